The van der Waals surface area contributed by atoms with Crippen molar-refractivity contribution in [3.8, 4) is 5.75 Å². The van der Waals surface area contributed by atoms with E-state index >= 15 is 0 Å². The number of aromatic nitrogens is 2. The molecule has 1 amide bonds. The zero-order valence-corrected chi connectivity index (χ0v) is 16.0. The number of imidazole rings is 1. The van der Waals surface area contributed by atoms with Gasteiger partial charge in [0.05, 0.1) is 7.11 Å². The molecule has 2 heterocycles. The fraction of sp³-hybridized carbons (Fsp3) is 0.136. The van der Waals surface area contributed by atoms with Crippen molar-refractivity contribution < 1.29 is 13.9 Å². The van der Waals surface area contributed by atoms with Gasteiger partial charge in [-0.3, -0.25) is 4.79 Å². The maximum atomic E-state index is 13.0. The van der Waals surface area contributed by atoms with Crippen molar-refractivity contribution in [3.05, 3.63) is 94.4 Å². The van der Waals surface area contributed by atoms with Gasteiger partial charge in [-0.2, -0.15) is 0 Å². The number of nitrogens with zero attached hydrogens (tertiary/aromatic N) is 2. The first kappa shape index (κ1) is 18.5. The van der Waals surface area contributed by atoms with Crippen LogP contribution in [0.4, 0.5) is 0 Å². The van der Waals surface area contributed by atoms with Crippen LogP contribution in [0.25, 0.3) is 11.0 Å². The lowest BCUT2D eigenvalue weighted by molar-refractivity contribution is 0.0937. The summed E-state index contributed by atoms with van der Waals surface area (Å²) in [6, 6.07) is 15.4. The third kappa shape index (κ3) is 3.62. The molecule has 7 heteroatoms. The second-order valence-corrected chi connectivity index (χ2v) is 6.56. The molecule has 0 radical (unpaired) electrons. The number of amides is 1. The van der Waals surface area contributed by atoms with E-state index in [0.717, 1.165) is 5.56 Å². The monoisotopic (exact) mass is 389 g/mol. The summed E-state index contributed by atoms with van der Waals surface area (Å²) >= 11 is 0. The van der Waals surface area contributed by atoms with E-state index < -0.39 is 17.6 Å². The maximum Gasteiger partial charge on any atom is 0.349 e. The molecule has 1 N–H and O–H groups in total. The first-order valence-corrected chi connectivity index (χ1v) is 9.02. The van der Waals surface area contributed by atoms with E-state index in [9.17, 15) is 9.59 Å². The van der Waals surface area contributed by atoms with Crippen molar-refractivity contribution in [1.82, 2.24) is 14.9 Å². The van der Waals surface area contributed by atoms with Gasteiger partial charge in [0, 0.05) is 24.8 Å². The fourth-order valence-corrected chi connectivity index (χ4v) is 3.20. The highest BCUT2D eigenvalue weighted by molar-refractivity contribution is 5.97. The van der Waals surface area contributed by atoms with Crippen LogP contribution in [0.15, 0.2) is 76.2 Å². The Morgan fingerprint density at radius 2 is 2.00 bits per heavy atom. The summed E-state index contributed by atoms with van der Waals surface area (Å²) in [6.45, 7) is 0. The topological polar surface area (TPSA) is 86.4 Å². The molecule has 7 nitrogen and oxygen atoms in total. The van der Waals surface area contributed by atoms with Crippen LogP contribution >= 0.6 is 0 Å². The average molecular weight is 389 g/mol. The van der Waals surface area contributed by atoms with Crippen LogP contribution < -0.4 is 15.7 Å². The van der Waals surface area contributed by atoms with Gasteiger partial charge in [-0.1, -0.05) is 30.3 Å². The molecule has 0 fully saturated rings. The lowest BCUT2D eigenvalue weighted by atomic mass is 10.0. The van der Waals surface area contributed by atoms with Crippen LogP contribution in [0, 0.1) is 0 Å². The number of carbonyl (C=O) groups is 1. The van der Waals surface area contributed by atoms with Crippen LogP contribution in [0.3, 0.4) is 0 Å². The highest BCUT2D eigenvalue weighted by atomic mass is 16.5. The molecule has 0 saturated heterocycles. The molecule has 0 spiro atoms. The number of ether oxygens (including phenoxy) is 1. The van der Waals surface area contributed by atoms with Gasteiger partial charge in [0.1, 0.15) is 28.8 Å². The smallest absolute Gasteiger partial charge is 0.349 e. The first-order valence-electron chi connectivity index (χ1n) is 9.02. The molecule has 0 aliphatic carbocycles. The van der Waals surface area contributed by atoms with Gasteiger partial charge in [0.15, 0.2) is 0 Å². The normalized spacial score (nSPS) is 11.9. The van der Waals surface area contributed by atoms with Gasteiger partial charge in [-0.15, -0.1) is 0 Å². The van der Waals surface area contributed by atoms with Crippen molar-refractivity contribution in [1.29, 1.82) is 0 Å². The lowest BCUT2D eigenvalue weighted by Gasteiger charge is -2.19. The second kappa shape index (κ2) is 7.63. The predicted octanol–water partition coefficient (Wildman–Crippen LogP) is 3.05. The number of rotatable bonds is 5. The van der Waals surface area contributed by atoms with E-state index in [2.05, 4.69) is 10.3 Å². The minimum atomic E-state index is -0.689. The number of para-hydroxylation sites is 1. The molecule has 29 heavy (non-hydrogen) atoms. The van der Waals surface area contributed by atoms with E-state index in [1.165, 1.54) is 6.07 Å². The largest absolute Gasteiger partial charge is 0.497 e. The molecule has 2 aromatic carbocycles. The Morgan fingerprint density at radius 3 is 2.76 bits per heavy atom. The van der Waals surface area contributed by atoms with Crippen LogP contribution in [-0.2, 0) is 7.05 Å². The van der Waals surface area contributed by atoms with Crippen LogP contribution in [0.5, 0.6) is 5.75 Å². The average Bonchev–Trinajstić information content (AvgIpc) is 3.16. The summed E-state index contributed by atoms with van der Waals surface area (Å²) in [5.74, 6) is 0.735. The van der Waals surface area contributed by atoms with E-state index in [4.69, 9.17) is 9.15 Å². The molecule has 0 aliphatic heterocycles. The molecular formula is C22H19N3O4. The Morgan fingerprint density at radius 1 is 1.17 bits per heavy atom. The molecule has 2 aromatic heterocycles. The quantitative estimate of drug-likeness (QED) is 0.530. The number of benzene rings is 2. The molecule has 0 aliphatic rings. The van der Waals surface area contributed by atoms with E-state index in [1.54, 1.807) is 37.7 Å². The Balaban J connectivity index is 1.75. The van der Waals surface area contributed by atoms with Gasteiger partial charge >= 0.3 is 5.63 Å². The van der Waals surface area contributed by atoms with Gasteiger partial charge in [0.25, 0.3) is 5.91 Å². The Labute approximate surface area is 166 Å². The van der Waals surface area contributed by atoms with Gasteiger partial charge < -0.3 is 19.0 Å². The van der Waals surface area contributed by atoms with Crippen molar-refractivity contribution in [2.24, 2.45) is 7.05 Å². The van der Waals surface area contributed by atoms with Crippen LogP contribution in [-0.4, -0.2) is 22.6 Å². The van der Waals surface area contributed by atoms with Crippen molar-refractivity contribution in [2.75, 3.05) is 7.11 Å². The van der Waals surface area contributed by atoms with Crippen molar-refractivity contribution in [2.45, 2.75) is 6.04 Å². The number of hydrogen-bond acceptors (Lipinski definition) is 5. The second-order valence-electron chi connectivity index (χ2n) is 6.56. The van der Waals surface area contributed by atoms with E-state index in [1.807, 2.05) is 41.9 Å². The SMILES string of the molecule is COc1cccc([C@@H](NC(=O)c2cc3ccccc3oc2=O)c2nccn2C)c1. The summed E-state index contributed by atoms with van der Waals surface area (Å²) in [5.41, 5.74) is 0.455. The van der Waals surface area contributed by atoms with Gasteiger partial charge in [-0.25, -0.2) is 9.78 Å². The standard InChI is InChI=1S/C22H19N3O4/c1-25-11-10-23-20(25)19(15-7-5-8-16(12-15)28-2)24-21(26)17-13-14-6-3-4-9-18(14)29-22(17)27/h3-13,19H,1-2H3,(H,24,26)/t19-/m1/s1. The number of aryl methyl sites for hydroxylation is 1. The van der Waals surface area contributed by atoms with Crippen LogP contribution in [0.1, 0.15) is 27.8 Å². The number of hydrogen-bond donors (Lipinski definition) is 1. The zero-order chi connectivity index (χ0) is 20.4. The highest BCUT2D eigenvalue weighted by Gasteiger charge is 2.24. The Bertz CT molecular complexity index is 1240. The Hall–Kier alpha value is -3.87. The lowest BCUT2D eigenvalue weighted by Crippen LogP contribution is -2.33. The summed E-state index contributed by atoms with van der Waals surface area (Å²) in [5, 5.41) is 3.59. The Kier molecular flexibility index (Phi) is 4.87. The molecule has 1 atom stereocenters. The number of carbonyl (C=O) groups excluding carboxylic acids is 1. The molecule has 0 unspecified atom stereocenters. The molecule has 4 aromatic rings. The van der Waals surface area contributed by atoms with Crippen LogP contribution in [0.2, 0.25) is 0 Å². The first-order chi connectivity index (χ1) is 14.1. The van der Waals surface area contributed by atoms with Crippen molar-refractivity contribution >= 4 is 16.9 Å². The third-order valence-electron chi connectivity index (χ3n) is 4.71. The van der Waals surface area contributed by atoms with E-state index in [-0.39, 0.29) is 5.56 Å². The van der Waals surface area contributed by atoms with E-state index in [0.29, 0.717) is 22.5 Å². The highest BCUT2D eigenvalue weighted by Crippen LogP contribution is 2.24. The minimum absolute atomic E-state index is 0.0641. The van der Waals surface area contributed by atoms with Crippen molar-refractivity contribution in [3.63, 3.8) is 0 Å². The summed E-state index contributed by atoms with van der Waals surface area (Å²) in [7, 11) is 3.42. The summed E-state index contributed by atoms with van der Waals surface area (Å²) in [6.07, 6.45) is 3.44. The summed E-state index contributed by atoms with van der Waals surface area (Å²) in [4.78, 5) is 29.8. The molecule has 146 valence electrons. The number of nitrogens with one attached hydrogen (secondary N) is 1. The predicted molar refractivity (Wildman–Crippen MR) is 108 cm³/mol. The number of fused-ring (bicyclic) bond motifs is 1. The molecule has 0 saturated carbocycles. The molecular weight excluding hydrogens is 370 g/mol. The molecule has 4 rings (SSSR count). The fourth-order valence-electron chi connectivity index (χ4n) is 3.20. The molecule has 0 bridgehead atoms. The summed E-state index contributed by atoms with van der Waals surface area (Å²) < 4.78 is 12.4. The zero-order valence-electron chi connectivity index (χ0n) is 16.0. The van der Waals surface area contributed by atoms with Gasteiger partial charge in [0.2, 0.25) is 0 Å². The minimum Gasteiger partial charge on any atom is -0.497 e. The third-order valence-corrected chi connectivity index (χ3v) is 4.71. The van der Waals surface area contributed by atoms with Gasteiger partial charge in [-0.05, 0) is 29.8 Å². The number of methoxy groups -OCH3 is 1. The maximum absolute atomic E-state index is 13.0.